The number of aromatic nitrogens is 4. The van der Waals surface area contributed by atoms with Crippen LogP contribution >= 0.6 is 0 Å². The molecule has 0 fully saturated rings. The summed E-state index contributed by atoms with van der Waals surface area (Å²) < 4.78 is 1.62. The monoisotopic (exact) mass is 270 g/mol. The highest BCUT2D eigenvalue weighted by Crippen LogP contribution is 2.18. The Labute approximate surface area is 118 Å². The van der Waals surface area contributed by atoms with Crippen LogP contribution in [0.25, 0.3) is 5.69 Å². The Morgan fingerprint density at radius 1 is 1.45 bits per heavy atom. The van der Waals surface area contributed by atoms with Gasteiger partial charge in [-0.3, -0.25) is 0 Å². The van der Waals surface area contributed by atoms with E-state index in [4.69, 9.17) is 5.26 Å². The van der Waals surface area contributed by atoms with E-state index in [0.717, 1.165) is 11.3 Å². The van der Waals surface area contributed by atoms with Crippen LogP contribution in [0.5, 0.6) is 0 Å². The predicted octanol–water partition coefficient (Wildman–Crippen LogP) is 1.86. The molecule has 0 bridgehead atoms. The summed E-state index contributed by atoms with van der Waals surface area (Å²) in [6.07, 6.45) is 1.57. The lowest BCUT2D eigenvalue weighted by Crippen LogP contribution is -2.30. The van der Waals surface area contributed by atoms with E-state index in [9.17, 15) is 0 Å². The second kappa shape index (κ2) is 5.80. The van der Waals surface area contributed by atoms with Crippen molar-refractivity contribution in [1.82, 2.24) is 25.5 Å². The molecule has 2 rings (SSSR count). The van der Waals surface area contributed by atoms with Gasteiger partial charge in [0.05, 0.1) is 17.2 Å². The fraction of sp³-hybridized carbons (Fsp3) is 0.429. The molecule has 0 aliphatic heterocycles. The third-order valence-corrected chi connectivity index (χ3v) is 3.14. The normalized spacial score (nSPS) is 12.9. The third-order valence-electron chi connectivity index (χ3n) is 3.14. The van der Waals surface area contributed by atoms with Crippen LogP contribution in [0.3, 0.4) is 0 Å². The number of nitrogens with zero attached hydrogens (tertiary/aromatic N) is 5. The average molecular weight is 270 g/mol. The van der Waals surface area contributed by atoms with Crippen molar-refractivity contribution in [1.29, 1.82) is 5.26 Å². The highest BCUT2D eigenvalue weighted by Gasteiger charge is 2.18. The minimum atomic E-state index is -0.373. The van der Waals surface area contributed by atoms with Gasteiger partial charge in [-0.05, 0) is 48.9 Å². The van der Waals surface area contributed by atoms with Gasteiger partial charge >= 0.3 is 0 Å². The standard InChI is InChI=1S/C14H18N6/c1-11(16-9-14(2,3)8-15)12-5-4-6-13(7-12)20-10-17-18-19-20/h4-7,10-11,16H,9H2,1-3H3. The molecule has 1 aromatic carbocycles. The van der Waals surface area contributed by atoms with Crippen molar-refractivity contribution in [2.24, 2.45) is 5.41 Å². The number of hydrogen-bond donors (Lipinski definition) is 1. The molecule has 0 amide bonds. The van der Waals surface area contributed by atoms with Crippen LogP contribution in [0.15, 0.2) is 30.6 Å². The molecule has 0 aliphatic rings. The Morgan fingerprint density at radius 3 is 2.90 bits per heavy atom. The molecule has 0 spiro atoms. The summed E-state index contributed by atoms with van der Waals surface area (Å²) in [7, 11) is 0. The SMILES string of the molecule is CC(NCC(C)(C)C#N)c1cccc(-n2cnnn2)c1. The van der Waals surface area contributed by atoms with Crippen LogP contribution in [0, 0.1) is 16.7 Å². The zero-order valence-electron chi connectivity index (χ0n) is 11.9. The number of nitrogens with one attached hydrogen (secondary N) is 1. The Morgan fingerprint density at radius 2 is 2.25 bits per heavy atom. The Balaban J connectivity index is 2.09. The van der Waals surface area contributed by atoms with Crippen LogP contribution in [-0.4, -0.2) is 26.8 Å². The van der Waals surface area contributed by atoms with Crippen molar-refractivity contribution in [2.45, 2.75) is 26.8 Å². The number of hydrogen-bond acceptors (Lipinski definition) is 5. The first-order valence-electron chi connectivity index (χ1n) is 6.50. The molecule has 0 saturated carbocycles. The molecule has 1 atom stereocenters. The smallest absolute Gasteiger partial charge is 0.143 e. The minimum Gasteiger partial charge on any atom is -0.309 e. The van der Waals surface area contributed by atoms with Gasteiger partial charge in [-0.25, -0.2) is 4.68 Å². The maximum absolute atomic E-state index is 9.03. The quantitative estimate of drug-likeness (QED) is 0.897. The fourth-order valence-corrected chi connectivity index (χ4v) is 1.78. The van der Waals surface area contributed by atoms with Crippen molar-refractivity contribution in [3.63, 3.8) is 0 Å². The molecular formula is C14H18N6. The van der Waals surface area contributed by atoms with E-state index in [1.54, 1.807) is 11.0 Å². The molecule has 0 aliphatic carbocycles. The van der Waals surface area contributed by atoms with E-state index in [0.29, 0.717) is 6.54 Å². The van der Waals surface area contributed by atoms with E-state index in [2.05, 4.69) is 33.8 Å². The highest BCUT2D eigenvalue weighted by atomic mass is 15.5. The lowest BCUT2D eigenvalue weighted by molar-refractivity contribution is 0.415. The van der Waals surface area contributed by atoms with Crippen LogP contribution in [0.4, 0.5) is 0 Å². The lowest BCUT2D eigenvalue weighted by atomic mass is 9.95. The lowest BCUT2D eigenvalue weighted by Gasteiger charge is -2.21. The summed E-state index contributed by atoms with van der Waals surface area (Å²) in [6, 6.07) is 10.4. The number of tetrazole rings is 1. The van der Waals surface area contributed by atoms with Gasteiger partial charge in [0, 0.05) is 12.6 Å². The summed E-state index contributed by atoms with van der Waals surface area (Å²) in [6.45, 7) is 6.56. The molecule has 1 N–H and O–H groups in total. The van der Waals surface area contributed by atoms with Crippen molar-refractivity contribution in [3.05, 3.63) is 36.2 Å². The summed E-state index contributed by atoms with van der Waals surface area (Å²) in [5, 5.41) is 23.6. The van der Waals surface area contributed by atoms with Gasteiger partial charge in [0.25, 0.3) is 0 Å². The molecular weight excluding hydrogens is 252 g/mol. The second-order valence-electron chi connectivity index (χ2n) is 5.45. The molecule has 104 valence electrons. The van der Waals surface area contributed by atoms with Crippen LogP contribution < -0.4 is 5.32 Å². The first-order chi connectivity index (χ1) is 9.52. The molecule has 1 unspecified atom stereocenters. The zero-order valence-corrected chi connectivity index (χ0v) is 11.9. The van der Waals surface area contributed by atoms with Gasteiger partial charge in [-0.2, -0.15) is 5.26 Å². The summed E-state index contributed by atoms with van der Waals surface area (Å²) in [5.74, 6) is 0. The first-order valence-corrected chi connectivity index (χ1v) is 6.50. The van der Waals surface area contributed by atoms with Gasteiger partial charge in [0.15, 0.2) is 0 Å². The first kappa shape index (κ1) is 14.2. The molecule has 6 heteroatoms. The number of nitriles is 1. The third kappa shape index (κ3) is 3.39. The van der Waals surface area contributed by atoms with Crippen LogP contribution in [0.1, 0.15) is 32.4 Å². The summed E-state index contributed by atoms with van der Waals surface area (Å²) >= 11 is 0. The van der Waals surface area contributed by atoms with Gasteiger partial charge in [-0.1, -0.05) is 12.1 Å². The molecule has 0 radical (unpaired) electrons. The molecule has 1 aromatic heterocycles. The number of benzene rings is 1. The largest absolute Gasteiger partial charge is 0.309 e. The van der Waals surface area contributed by atoms with E-state index in [1.165, 1.54) is 0 Å². The van der Waals surface area contributed by atoms with Crippen molar-refractivity contribution >= 4 is 0 Å². The fourth-order valence-electron chi connectivity index (χ4n) is 1.78. The Hall–Kier alpha value is -2.26. The van der Waals surface area contributed by atoms with E-state index < -0.39 is 0 Å². The molecule has 0 saturated heterocycles. The maximum Gasteiger partial charge on any atom is 0.143 e. The van der Waals surface area contributed by atoms with Gasteiger partial charge in [0.1, 0.15) is 6.33 Å². The van der Waals surface area contributed by atoms with Gasteiger partial charge in [0.2, 0.25) is 0 Å². The predicted molar refractivity (Wildman–Crippen MR) is 75.0 cm³/mol. The topological polar surface area (TPSA) is 79.4 Å². The second-order valence-corrected chi connectivity index (χ2v) is 5.45. The minimum absolute atomic E-state index is 0.152. The molecule has 1 heterocycles. The zero-order chi connectivity index (χ0) is 14.6. The van der Waals surface area contributed by atoms with Crippen molar-refractivity contribution < 1.29 is 0 Å². The van der Waals surface area contributed by atoms with E-state index in [1.807, 2.05) is 38.1 Å². The molecule has 2 aromatic rings. The van der Waals surface area contributed by atoms with E-state index in [-0.39, 0.29) is 11.5 Å². The summed E-state index contributed by atoms with van der Waals surface area (Å²) in [4.78, 5) is 0. The summed E-state index contributed by atoms with van der Waals surface area (Å²) in [5.41, 5.74) is 1.68. The van der Waals surface area contributed by atoms with Crippen LogP contribution in [-0.2, 0) is 0 Å². The molecule has 20 heavy (non-hydrogen) atoms. The van der Waals surface area contributed by atoms with Crippen molar-refractivity contribution in [2.75, 3.05) is 6.54 Å². The Kier molecular flexibility index (Phi) is 4.11. The van der Waals surface area contributed by atoms with Gasteiger partial charge in [-0.15, -0.1) is 5.10 Å². The van der Waals surface area contributed by atoms with Crippen molar-refractivity contribution in [3.8, 4) is 11.8 Å². The van der Waals surface area contributed by atoms with E-state index >= 15 is 0 Å². The maximum atomic E-state index is 9.03. The number of rotatable bonds is 5. The average Bonchev–Trinajstić information content (AvgIpc) is 2.99. The Bertz CT molecular complexity index is 596. The highest BCUT2D eigenvalue weighted by molar-refractivity contribution is 5.35. The molecule has 6 nitrogen and oxygen atoms in total. The van der Waals surface area contributed by atoms with Gasteiger partial charge < -0.3 is 5.32 Å². The van der Waals surface area contributed by atoms with Crippen LogP contribution in [0.2, 0.25) is 0 Å².